The number of ether oxygens (including phenoxy) is 1. The van der Waals surface area contributed by atoms with E-state index in [2.05, 4.69) is 12.2 Å². The second-order valence-corrected chi connectivity index (χ2v) is 6.89. The molecular weight excluding hydrogens is 294 g/mol. The molecule has 0 radical (unpaired) electrons. The van der Waals surface area contributed by atoms with E-state index in [1.54, 1.807) is 11.8 Å². The van der Waals surface area contributed by atoms with Crippen molar-refractivity contribution in [3.8, 4) is 0 Å². The van der Waals surface area contributed by atoms with E-state index in [0.29, 0.717) is 6.42 Å². The van der Waals surface area contributed by atoms with Crippen molar-refractivity contribution >= 4 is 29.3 Å². The van der Waals surface area contributed by atoms with Crippen LogP contribution in [-0.4, -0.2) is 30.4 Å². The molecule has 1 N–H and O–H groups in total. The highest BCUT2D eigenvalue weighted by Crippen LogP contribution is 2.30. The minimum atomic E-state index is -0.650. The number of hydrogen-bond acceptors (Lipinski definition) is 4. The highest BCUT2D eigenvalue weighted by molar-refractivity contribution is 7.99. The normalized spacial score (nSPS) is 15.4. The molecular formula is C15H22ClNO2S. The van der Waals surface area contributed by atoms with Crippen LogP contribution < -0.4 is 5.32 Å². The molecule has 0 aromatic heterocycles. The zero-order valence-electron chi connectivity index (χ0n) is 12.4. The monoisotopic (exact) mass is 315 g/mol. The number of nitrogens with one attached hydrogen (secondary N) is 1. The van der Waals surface area contributed by atoms with Gasteiger partial charge in [0.1, 0.15) is 5.54 Å². The number of methoxy groups -OCH3 is 1. The molecule has 0 saturated heterocycles. The first-order valence-corrected chi connectivity index (χ1v) is 7.92. The molecule has 1 aromatic carbocycles. The van der Waals surface area contributed by atoms with Crippen molar-refractivity contribution in [1.29, 1.82) is 0 Å². The summed E-state index contributed by atoms with van der Waals surface area (Å²) >= 11 is 7.60. The van der Waals surface area contributed by atoms with Crippen molar-refractivity contribution in [2.45, 2.75) is 42.9 Å². The lowest BCUT2D eigenvalue weighted by Gasteiger charge is -2.30. The fourth-order valence-corrected chi connectivity index (χ4v) is 3.51. The van der Waals surface area contributed by atoms with Crippen LogP contribution in [0.4, 0.5) is 0 Å². The topological polar surface area (TPSA) is 38.3 Å². The first-order valence-electron chi connectivity index (χ1n) is 6.67. The van der Waals surface area contributed by atoms with E-state index in [1.807, 2.05) is 38.1 Å². The Bertz CT molecular complexity index is 438. The lowest BCUT2D eigenvalue weighted by atomic mass is 9.96. The van der Waals surface area contributed by atoms with E-state index >= 15 is 0 Å². The Labute approximate surface area is 130 Å². The third kappa shape index (κ3) is 5.00. The highest BCUT2D eigenvalue weighted by Gasteiger charge is 2.35. The SMILES string of the molecule is CCNC(C)(CC(C)Sc1ccc(Cl)cc1)C(=O)OC. The van der Waals surface area contributed by atoms with Crippen molar-refractivity contribution in [3.63, 3.8) is 0 Å². The van der Waals surface area contributed by atoms with E-state index < -0.39 is 5.54 Å². The van der Waals surface area contributed by atoms with Gasteiger partial charge in [-0.25, -0.2) is 0 Å². The summed E-state index contributed by atoms with van der Waals surface area (Å²) in [5.41, 5.74) is -0.650. The number of halogens is 1. The number of benzene rings is 1. The van der Waals surface area contributed by atoms with Crippen LogP contribution in [0, 0.1) is 0 Å². The maximum atomic E-state index is 11.9. The lowest BCUT2D eigenvalue weighted by molar-refractivity contribution is -0.148. The number of hydrogen-bond donors (Lipinski definition) is 1. The summed E-state index contributed by atoms with van der Waals surface area (Å²) in [5.74, 6) is -0.220. The quantitative estimate of drug-likeness (QED) is 0.614. The third-order valence-electron chi connectivity index (χ3n) is 3.05. The van der Waals surface area contributed by atoms with Gasteiger partial charge in [0, 0.05) is 15.2 Å². The van der Waals surface area contributed by atoms with Gasteiger partial charge in [0.15, 0.2) is 0 Å². The molecule has 0 spiro atoms. The van der Waals surface area contributed by atoms with Crippen molar-refractivity contribution in [1.82, 2.24) is 5.32 Å². The lowest BCUT2D eigenvalue weighted by Crippen LogP contribution is -2.51. The number of rotatable bonds is 7. The molecule has 112 valence electrons. The summed E-state index contributed by atoms with van der Waals surface area (Å²) < 4.78 is 4.91. The summed E-state index contributed by atoms with van der Waals surface area (Å²) in [6, 6.07) is 7.74. The molecule has 0 aliphatic carbocycles. The number of carbonyl (C=O) groups is 1. The van der Waals surface area contributed by atoms with E-state index in [0.717, 1.165) is 16.5 Å². The van der Waals surface area contributed by atoms with Gasteiger partial charge in [-0.3, -0.25) is 4.79 Å². The molecule has 2 atom stereocenters. The Morgan fingerprint density at radius 3 is 2.55 bits per heavy atom. The third-order valence-corrected chi connectivity index (χ3v) is 4.41. The number of carbonyl (C=O) groups excluding carboxylic acids is 1. The second-order valence-electron chi connectivity index (χ2n) is 4.94. The summed E-state index contributed by atoms with van der Waals surface area (Å²) in [6.45, 7) is 6.71. The summed E-state index contributed by atoms with van der Waals surface area (Å²) in [6.07, 6.45) is 0.695. The molecule has 0 fully saturated rings. The predicted octanol–water partition coefficient (Wildman–Crippen LogP) is 3.75. The predicted molar refractivity (Wildman–Crippen MR) is 85.5 cm³/mol. The van der Waals surface area contributed by atoms with Gasteiger partial charge >= 0.3 is 5.97 Å². The molecule has 20 heavy (non-hydrogen) atoms. The molecule has 0 bridgehead atoms. The fraction of sp³-hybridized carbons (Fsp3) is 0.533. The molecule has 3 nitrogen and oxygen atoms in total. The molecule has 0 saturated carbocycles. The summed E-state index contributed by atoms with van der Waals surface area (Å²) in [5, 5.41) is 4.23. The summed E-state index contributed by atoms with van der Waals surface area (Å²) in [7, 11) is 1.43. The molecule has 1 aromatic rings. The number of esters is 1. The Balaban J connectivity index is 2.68. The maximum absolute atomic E-state index is 11.9. The van der Waals surface area contributed by atoms with Crippen molar-refractivity contribution in [2.75, 3.05) is 13.7 Å². The Hall–Kier alpha value is -0.710. The molecule has 5 heteroatoms. The fourth-order valence-electron chi connectivity index (χ4n) is 2.21. The Morgan fingerprint density at radius 1 is 1.45 bits per heavy atom. The van der Waals surface area contributed by atoms with Crippen LogP contribution in [0.15, 0.2) is 29.2 Å². The van der Waals surface area contributed by atoms with Crippen LogP contribution in [0.5, 0.6) is 0 Å². The van der Waals surface area contributed by atoms with Gasteiger partial charge in [0.2, 0.25) is 0 Å². The van der Waals surface area contributed by atoms with Gasteiger partial charge in [0.05, 0.1) is 7.11 Å². The van der Waals surface area contributed by atoms with Gasteiger partial charge in [-0.2, -0.15) is 0 Å². The first kappa shape index (κ1) is 17.3. The molecule has 0 heterocycles. The smallest absolute Gasteiger partial charge is 0.325 e. The zero-order chi connectivity index (χ0) is 15.2. The molecule has 0 amide bonds. The minimum absolute atomic E-state index is 0.220. The molecule has 0 aliphatic rings. The van der Waals surface area contributed by atoms with E-state index in [-0.39, 0.29) is 11.2 Å². The Kier molecular flexibility index (Phi) is 6.86. The average Bonchev–Trinajstić information content (AvgIpc) is 2.40. The van der Waals surface area contributed by atoms with E-state index in [4.69, 9.17) is 16.3 Å². The van der Waals surface area contributed by atoms with Crippen molar-refractivity contribution in [2.24, 2.45) is 0 Å². The van der Waals surface area contributed by atoms with Crippen LogP contribution in [0.2, 0.25) is 5.02 Å². The van der Waals surface area contributed by atoms with Crippen LogP contribution >= 0.6 is 23.4 Å². The highest BCUT2D eigenvalue weighted by atomic mass is 35.5. The zero-order valence-corrected chi connectivity index (χ0v) is 14.0. The second kappa shape index (κ2) is 7.91. The van der Waals surface area contributed by atoms with E-state index in [1.165, 1.54) is 7.11 Å². The Morgan fingerprint density at radius 2 is 2.05 bits per heavy atom. The molecule has 1 rings (SSSR count). The number of likely N-dealkylation sites (N-methyl/N-ethyl adjacent to an activating group) is 1. The van der Waals surface area contributed by atoms with Gasteiger partial charge in [-0.05, 0) is 44.2 Å². The first-order chi connectivity index (χ1) is 9.41. The minimum Gasteiger partial charge on any atom is -0.468 e. The molecule has 0 aliphatic heterocycles. The average molecular weight is 316 g/mol. The van der Waals surface area contributed by atoms with Crippen LogP contribution in [0.3, 0.4) is 0 Å². The van der Waals surface area contributed by atoms with Crippen LogP contribution in [0.1, 0.15) is 27.2 Å². The maximum Gasteiger partial charge on any atom is 0.325 e. The molecule has 2 unspecified atom stereocenters. The van der Waals surface area contributed by atoms with Gasteiger partial charge in [-0.15, -0.1) is 11.8 Å². The van der Waals surface area contributed by atoms with Crippen molar-refractivity contribution < 1.29 is 9.53 Å². The van der Waals surface area contributed by atoms with Crippen molar-refractivity contribution in [3.05, 3.63) is 29.3 Å². The standard InChI is InChI=1S/C15H22ClNO2S/c1-5-17-15(3,14(18)19-4)10-11(2)20-13-8-6-12(16)7-9-13/h6-9,11,17H,5,10H2,1-4H3. The van der Waals surface area contributed by atoms with Gasteiger partial charge < -0.3 is 10.1 Å². The van der Waals surface area contributed by atoms with Crippen LogP contribution in [0.25, 0.3) is 0 Å². The van der Waals surface area contributed by atoms with Crippen LogP contribution in [-0.2, 0) is 9.53 Å². The number of thioether (sulfide) groups is 1. The summed E-state index contributed by atoms with van der Waals surface area (Å²) in [4.78, 5) is 13.1. The van der Waals surface area contributed by atoms with E-state index in [9.17, 15) is 4.79 Å². The largest absolute Gasteiger partial charge is 0.468 e. The van der Waals surface area contributed by atoms with Gasteiger partial charge in [0.25, 0.3) is 0 Å². The van der Waals surface area contributed by atoms with Gasteiger partial charge in [-0.1, -0.05) is 25.4 Å².